The van der Waals surface area contributed by atoms with E-state index in [9.17, 15) is 0 Å². The Hall–Kier alpha value is -1.82. The maximum atomic E-state index is 9.08. The van der Waals surface area contributed by atoms with E-state index in [1.807, 2.05) is 25.2 Å². The Kier molecular flexibility index (Phi) is 3.14. The number of nitriles is 1. The van der Waals surface area contributed by atoms with Gasteiger partial charge in [0, 0.05) is 13.0 Å². The van der Waals surface area contributed by atoms with Gasteiger partial charge in [-0.05, 0) is 18.6 Å². The van der Waals surface area contributed by atoms with Crippen LogP contribution in [0.4, 0.5) is 0 Å². The second-order valence-electron chi connectivity index (χ2n) is 4.50. The molecule has 3 heteroatoms. The summed E-state index contributed by atoms with van der Waals surface area (Å²) < 4.78 is 2.11. The van der Waals surface area contributed by atoms with Crippen LogP contribution in [0.25, 0.3) is 11.0 Å². The van der Waals surface area contributed by atoms with Crippen molar-refractivity contribution in [3.63, 3.8) is 0 Å². The average molecular weight is 227 g/mol. The highest BCUT2D eigenvalue weighted by Crippen LogP contribution is 2.25. The summed E-state index contributed by atoms with van der Waals surface area (Å²) >= 11 is 0. The normalized spacial score (nSPS) is 12.6. The van der Waals surface area contributed by atoms with Gasteiger partial charge < -0.3 is 4.57 Å². The summed E-state index contributed by atoms with van der Waals surface area (Å²) in [7, 11) is 2.03. The molecule has 1 atom stereocenters. The van der Waals surface area contributed by atoms with Crippen LogP contribution in [0.5, 0.6) is 0 Å². The molecule has 1 unspecified atom stereocenters. The van der Waals surface area contributed by atoms with Crippen LogP contribution in [-0.4, -0.2) is 9.55 Å². The number of rotatable bonds is 3. The molecule has 2 aromatic rings. The van der Waals surface area contributed by atoms with E-state index >= 15 is 0 Å². The molecule has 17 heavy (non-hydrogen) atoms. The summed E-state index contributed by atoms with van der Waals surface area (Å²) in [6.45, 7) is 4.37. The lowest BCUT2D eigenvalue weighted by Crippen LogP contribution is -2.02. The van der Waals surface area contributed by atoms with E-state index in [0.29, 0.717) is 11.5 Å². The van der Waals surface area contributed by atoms with E-state index in [-0.39, 0.29) is 0 Å². The molecule has 0 aliphatic rings. The maximum Gasteiger partial charge on any atom is 0.112 e. The van der Waals surface area contributed by atoms with Crippen LogP contribution in [0.15, 0.2) is 18.2 Å². The first-order valence-electron chi connectivity index (χ1n) is 6.04. The molecule has 1 heterocycles. The van der Waals surface area contributed by atoms with E-state index in [1.54, 1.807) is 0 Å². The Labute approximate surface area is 102 Å². The molecule has 0 radical (unpaired) electrons. The van der Waals surface area contributed by atoms with Crippen molar-refractivity contribution in [1.82, 2.24) is 9.55 Å². The van der Waals surface area contributed by atoms with Crippen molar-refractivity contribution in [2.75, 3.05) is 0 Å². The van der Waals surface area contributed by atoms with Crippen LogP contribution in [-0.2, 0) is 7.05 Å². The van der Waals surface area contributed by atoms with Crippen molar-refractivity contribution in [2.24, 2.45) is 7.05 Å². The van der Waals surface area contributed by atoms with Crippen LogP contribution >= 0.6 is 0 Å². The van der Waals surface area contributed by atoms with Crippen molar-refractivity contribution in [2.45, 2.75) is 32.6 Å². The minimum atomic E-state index is 0.434. The Morgan fingerprint density at radius 3 is 2.88 bits per heavy atom. The van der Waals surface area contributed by atoms with Crippen molar-refractivity contribution in [3.8, 4) is 6.07 Å². The zero-order chi connectivity index (χ0) is 12.4. The number of aromatic nitrogens is 2. The zero-order valence-corrected chi connectivity index (χ0v) is 10.6. The van der Waals surface area contributed by atoms with Gasteiger partial charge in [0.25, 0.3) is 0 Å². The fourth-order valence-corrected chi connectivity index (χ4v) is 2.33. The van der Waals surface area contributed by atoms with Gasteiger partial charge in [-0.25, -0.2) is 4.98 Å². The van der Waals surface area contributed by atoms with Gasteiger partial charge in [0.2, 0.25) is 0 Å². The number of hydrogen-bond acceptors (Lipinski definition) is 2. The number of imidazole rings is 1. The Bertz CT molecular complexity index is 575. The number of para-hydroxylation sites is 1. The third kappa shape index (κ3) is 1.91. The molecule has 0 bridgehead atoms. The Balaban J connectivity index is 2.61. The molecule has 3 nitrogen and oxygen atoms in total. The molecule has 0 spiro atoms. The summed E-state index contributed by atoms with van der Waals surface area (Å²) in [6, 6.07) is 7.96. The highest BCUT2D eigenvalue weighted by Gasteiger charge is 2.15. The third-order valence-corrected chi connectivity index (χ3v) is 3.23. The van der Waals surface area contributed by atoms with Gasteiger partial charge in [-0.15, -0.1) is 0 Å². The Morgan fingerprint density at radius 1 is 1.47 bits per heavy atom. The highest BCUT2D eigenvalue weighted by atomic mass is 15.1. The number of hydrogen-bond donors (Lipinski definition) is 0. The second kappa shape index (κ2) is 4.58. The molecule has 0 fully saturated rings. The molecule has 0 saturated carbocycles. The van der Waals surface area contributed by atoms with Crippen LogP contribution in [0, 0.1) is 11.3 Å². The first-order chi connectivity index (χ1) is 8.19. The monoisotopic (exact) mass is 227 g/mol. The van der Waals surface area contributed by atoms with Gasteiger partial charge in [0.1, 0.15) is 17.4 Å². The fraction of sp³-hybridized carbons (Fsp3) is 0.429. The van der Waals surface area contributed by atoms with Gasteiger partial charge in [0.15, 0.2) is 0 Å². The maximum absolute atomic E-state index is 9.08. The molecule has 0 saturated heterocycles. The molecular formula is C14H17N3. The lowest BCUT2D eigenvalue weighted by molar-refractivity contribution is 0.606. The average Bonchev–Trinajstić information content (AvgIpc) is 2.67. The van der Waals surface area contributed by atoms with Crippen molar-refractivity contribution < 1.29 is 0 Å². The number of benzene rings is 1. The largest absolute Gasteiger partial charge is 0.331 e. The van der Waals surface area contributed by atoms with Crippen LogP contribution in [0.3, 0.4) is 0 Å². The summed E-state index contributed by atoms with van der Waals surface area (Å²) in [6.07, 6.45) is 2.27. The first-order valence-corrected chi connectivity index (χ1v) is 6.04. The van der Waals surface area contributed by atoms with Gasteiger partial charge in [0.05, 0.1) is 11.1 Å². The summed E-state index contributed by atoms with van der Waals surface area (Å²) in [4.78, 5) is 4.64. The van der Waals surface area contributed by atoms with Crippen LogP contribution in [0.1, 0.15) is 44.0 Å². The topological polar surface area (TPSA) is 41.6 Å². The molecular weight excluding hydrogens is 210 g/mol. The molecule has 0 aliphatic carbocycles. The summed E-state index contributed by atoms with van der Waals surface area (Å²) in [5.74, 6) is 1.51. The molecule has 1 aromatic carbocycles. The van der Waals surface area contributed by atoms with Crippen molar-refractivity contribution in [3.05, 3.63) is 29.6 Å². The SMILES string of the molecule is CCCC(C)c1nc2c(C#N)cccc2n1C. The van der Waals surface area contributed by atoms with E-state index in [1.165, 1.54) is 0 Å². The first kappa shape index (κ1) is 11.7. The lowest BCUT2D eigenvalue weighted by atomic mass is 10.1. The molecule has 0 amide bonds. The predicted molar refractivity (Wildman–Crippen MR) is 68.8 cm³/mol. The van der Waals surface area contributed by atoms with Crippen LogP contribution in [0.2, 0.25) is 0 Å². The van der Waals surface area contributed by atoms with Crippen molar-refractivity contribution in [1.29, 1.82) is 5.26 Å². The minimum Gasteiger partial charge on any atom is -0.331 e. The molecule has 2 rings (SSSR count). The predicted octanol–water partition coefficient (Wildman–Crippen LogP) is 3.35. The fourth-order valence-electron chi connectivity index (χ4n) is 2.33. The lowest BCUT2D eigenvalue weighted by Gasteiger charge is -2.09. The summed E-state index contributed by atoms with van der Waals surface area (Å²) in [5.41, 5.74) is 2.53. The summed E-state index contributed by atoms with van der Waals surface area (Å²) in [5, 5.41) is 9.08. The van der Waals surface area contributed by atoms with Gasteiger partial charge in [-0.3, -0.25) is 0 Å². The Morgan fingerprint density at radius 2 is 2.24 bits per heavy atom. The molecule has 0 N–H and O–H groups in total. The van der Waals surface area contributed by atoms with E-state index in [2.05, 4.69) is 29.5 Å². The number of fused-ring (bicyclic) bond motifs is 1. The van der Waals surface area contributed by atoms with Gasteiger partial charge >= 0.3 is 0 Å². The minimum absolute atomic E-state index is 0.434. The second-order valence-corrected chi connectivity index (χ2v) is 4.50. The van der Waals surface area contributed by atoms with Crippen molar-refractivity contribution >= 4 is 11.0 Å². The molecule has 1 aromatic heterocycles. The smallest absolute Gasteiger partial charge is 0.112 e. The van der Waals surface area contributed by atoms with E-state index in [4.69, 9.17) is 5.26 Å². The standard InChI is InChI=1S/C14H17N3/c1-4-6-10(2)14-16-13-11(9-15)7-5-8-12(13)17(14)3/h5,7-8,10H,4,6H2,1-3H3. The molecule has 88 valence electrons. The quantitative estimate of drug-likeness (QED) is 0.806. The molecule has 0 aliphatic heterocycles. The number of aryl methyl sites for hydroxylation is 1. The zero-order valence-electron chi connectivity index (χ0n) is 10.6. The third-order valence-electron chi connectivity index (χ3n) is 3.23. The highest BCUT2D eigenvalue weighted by molar-refractivity contribution is 5.82. The van der Waals surface area contributed by atoms with E-state index < -0.39 is 0 Å². The van der Waals surface area contributed by atoms with E-state index in [0.717, 1.165) is 29.7 Å². The van der Waals surface area contributed by atoms with Crippen LogP contribution < -0.4 is 0 Å². The van der Waals surface area contributed by atoms with Gasteiger partial charge in [-0.1, -0.05) is 26.3 Å². The van der Waals surface area contributed by atoms with Gasteiger partial charge in [-0.2, -0.15) is 5.26 Å². The number of nitrogens with zero attached hydrogens (tertiary/aromatic N) is 3.